The zero-order valence-corrected chi connectivity index (χ0v) is 14.2. The van der Waals surface area contributed by atoms with Gasteiger partial charge in [-0.25, -0.2) is 4.98 Å². The summed E-state index contributed by atoms with van der Waals surface area (Å²) < 4.78 is 5.08. The van der Waals surface area contributed by atoms with E-state index in [9.17, 15) is 4.79 Å². The van der Waals surface area contributed by atoms with E-state index in [4.69, 9.17) is 16.3 Å². The molecule has 0 aliphatic heterocycles. The molecule has 116 valence electrons. The molecule has 2 rings (SSSR count). The lowest BCUT2D eigenvalue weighted by atomic mass is 10.3. The maximum absolute atomic E-state index is 12.2. The van der Waals surface area contributed by atoms with Crippen LogP contribution in [0.3, 0.4) is 0 Å². The van der Waals surface area contributed by atoms with Crippen molar-refractivity contribution in [3.63, 3.8) is 0 Å². The van der Waals surface area contributed by atoms with Gasteiger partial charge in [-0.1, -0.05) is 29.4 Å². The smallest absolute Gasteiger partial charge is 0.237 e. The minimum atomic E-state index is -0.268. The Kier molecular flexibility index (Phi) is 5.69. The highest BCUT2D eigenvalue weighted by Crippen LogP contribution is 2.28. The Morgan fingerprint density at radius 3 is 2.73 bits per heavy atom. The number of aromatic nitrogens is 1. The fourth-order valence-electron chi connectivity index (χ4n) is 1.75. The van der Waals surface area contributed by atoms with Crippen LogP contribution < -0.4 is 10.1 Å². The van der Waals surface area contributed by atoms with E-state index in [0.29, 0.717) is 16.5 Å². The third-order valence-corrected chi connectivity index (χ3v) is 4.32. The first-order valence-corrected chi connectivity index (χ1v) is 7.99. The fraction of sp³-hybridized carbons (Fsp3) is 0.250. The molecule has 0 saturated heterocycles. The van der Waals surface area contributed by atoms with E-state index in [1.165, 1.54) is 11.8 Å². The Labute approximate surface area is 139 Å². The highest BCUT2D eigenvalue weighted by molar-refractivity contribution is 8.00. The van der Waals surface area contributed by atoms with Crippen LogP contribution in [0.2, 0.25) is 5.02 Å². The minimum Gasteiger partial charge on any atom is -0.495 e. The van der Waals surface area contributed by atoms with Gasteiger partial charge in [-0.15, -0.1) is 0 Å². The molecule has 6 heteroatoms. The molecule has 0 aliphatic rings. The SMILES string of the molecule is COc1ccc(NC(=O)C(C)Sc2ccc(C)cn2)cc1Cl. The van der Waals surface area contributed by atoms with E-state index < -0.39 is 0 Å². The molecule has 2 aromatic rings. The monoisotopic (exact) mass is 336 g/mol. The summed E-state index contributed by atoms with van der Waals surface area (Å²) in [6.45, 7) is 3.82. The molecule has 22 heavy (non-hydrogen) atoms. The number of benzene rings is 1. The van der Waals surface area contributed by atoms with Crippen molar-refractivity contribution in [1.82, 2.24) is 4.98 Å². The van der Waals surface area contributed by atoms with Crippen LogP contribution in [0.1, 0.15) is 12.5 Å². The molecule has 1 aromatic heterocycles. The predicted octanol–water partition coefficient (Wildman–Crippen LogP) is 4.17. The van der Waals surface area contributed by atoms with Gasteiger partial charge < -0.3 is 10.1 Å². The molecule has 0 radical (unpaired) electrons. The summed E-state index contributed by atoms with van der Waals surface area (Å²) in [5.41, 5.74) is 1.73. The summed E-state index contributed by atoms with van der Waals surface area (Å²) in [6, 6.07) is 9.03. The van der Waals surface area contributed by atoms with Crippen LogP contribution in [0, 0.1) is 6.92 Å². The van der Waals surface area contributed by atoms with Crippen LogP contribution in [0.15, 0.2) is 41.6 Å². The molecule has 1 N–H and O–H groups in total. The molecule has 1 heterocycles. The van der Waals surface area contributed by atoms with Gasteiger partial charge in [0.15, 0.2) is 0 Å². The predicted molar refractivity (Wildman–Crippen MR) is 90.9 cm³/mol. The van der Waals surface area contributed by atoms with Crippen molar-refractivity contribution in [2.75, 3.05) is 12.4 Å². The van der Waals surface area contributed by atoms with Crippen LogP contribution in [-0.4, -0.2) is 23.3 Å². The lowest BCUT2D eigenvalue weighted by molar-refractivity contribution is -0.115. The Morgan fingerprint density at radius 2 is 2.14 bits per heavy atom. The van der Waals surface area contributed by atoms with Crippen molar-refractivity contribution in [1.29, 1.82) is 0 Å². The number of hydrogen-bond acceptors (Lipinski definition) is 4. The van der Waals surface area contributed by atoms with Crippen LogP contribution in [0.4, 0.5) is 5.69 Å². The molecular weight excluding hydrogens is 320 g/mol. The largest absolute Gasteiger partial charge is 0.495 e. The number of amides is 1. The Hall–Kier alpha value is -1.72. The molecule has 1 atom stereocenters. The van der Waals surface area contributed by atoms with E-state index in [2.05, 4.69) is 10.3 Å². The summed E-state index contributed by atoms with van der Waals surface area (Å²) >= 11 is 7.46. The van der Waals surface area contributed by atoms with Gasteiger partial charge in [0.05, 0.1) is 22.4 Å². The maximum Gasteiger partial charge on any atom is 0.237 e. The van der Waals surface area contributed by atoms with Gasteiger partial charge in [0.25, 0.3) is 0 Å². The number of hydrogen-bond donors (Lipinski definition) is 1. The number of anilines is 1. The first-order valence-electron chi connectivity index (χ1n) is 6.73. The van der Waals surface area contributed by atoms with Crippen LogP contribution >= 0.6 is 23.4 Å². The number of halogens is 1. The zero-order chi connectivity index (χ0) is 16.1. The number of thioether (sulfide) groups is 1. The van der Waals surface area contributed by atoms with Gasteiger partial charge in [0.2, 0.25) is 5.91 Å². The molecule has 1 aromatic carbocycles. The molecule has 4 nitrogen and oxygen atoms in total. The molecule has 1 amide bonds. The normalized spacial score (nSPS) is 11.8. The number of carbonyl (C=O) groups is 1. The number of ether oxygens (including phenoxy) is 1. The molecule has 0 fully saturated rings. The summed E-state index contributed by atoms with van der Waals surface area (Å²) in [7, 11) is 1.55. The van der Waals surface area contributed by atoms with Crippen molar-refractivity contribution >= 4 is 35.0 Å². The van der Waals surface area contributed by atoms with E-state index in [1.807, 2.05) is 26.0 Å². The number of pyridine rings is 1. The van der Waals surface area contributed by atoms with Gasteiger partial charge in [0.1, 0.15) is 5.75 Å². The second kappa shape index (κ2) is 7.51. The molecule has 0 aliphatic carbocycles. The zero-order valence-electron chi connectivity index (χ0n) is 12.6. The van der Waals surface area contributed by atoms with Crippen LogP contribution in [0.25, 0.3) is 0 Å². The third-order valence-electron chi connectivity index (χ3n) is 2.97. The fourth-order valence-corrected chi connectivity index (χ4v) is 2.79. The number of methoxy groups -OCH3 is 1. The number of rotatable bonds is 5. The summed E-state index contributed by atoms with van der Waals surface area (Å²) in [6.07, 6.45) is 1.79. The van der Waals surface area contributed by atoms with Gasteiger partial charge >= 0.3 is 0 Å². The average molecular weight is 337 g/mol. The quantitative estimate of drug-likeness (QED) is 0.832. The second-order valence-electron chi connectivity index (χ2n) is 4.77. The standard InChI is InChI=1S/C16H17ClN2O2S/c1-10-4-7-15(18-9-10)22-11(2)16(20)19-12-5-6-14(21-3)13(17)8-12/h4-9,11H,1-3H3,(H,19,20). The summed E-state index contributed by atoms with van der Waals surface area (Å²) in [5, 5.41) is 3.85. The Bertz CT molecular complexity index is 662. The second-order valence-corrected chi connectivity index (χ2v) is 6.54. The van der Waals surface area contributed by atoms with Crippen molar-refractivity contribution in [2.24, 2.45) is 0 Å². The molecule has 0 spiro atoms. The van der Waals surface area contributed by atoms with Crippen LogP contribution in [0.5, 0.6) is 5.75 Å². The highest BCUT2D eigenvalue weighted by atomic mass is 35.5. The van der Waals surface area contributed by atoms with E-state index in [1.54, 1.807) is 31.5 Å². The topological polar surface area (TPSA) is 51.2 Å². The van der Waals surface area contributed by atoms with E-state index in [0.717, 1.165) is 10.6 Å². The lowest BCUT2D eigenvalue weighted by Gasteiger charge is -2.12. The van der Waals surface area contributed by atoms with Crippen molar-refractivity contribution < 1.29 is 9.53 Å². The van der Waals surface area contributed by atoms with E-state index >= 15 is 0 Å². The van der Waals surface area contributed by atoms with Gasteiger partial charge in [-0.3, -0.25) is 4.79 Å². The van der Waals surface area contributed by atoms with Crippen molar-refractivity contribution in [3.05, 3.63) is 47.1 Å². The first-order chi connectivity index (χ1) is 10.5. The maximum atomic E-state index is 12.2. The highest BCUT2D eigenvalue weighted by Gasteiger charge is 2.15. The van der Waals surface area contributed by atoms with Crippen molar-refractivity contribution in [3.8, 4) is 5.75 Å². The minimum absolute atomic E-state index is 0.103. The molecule has 0 bridgehead atoms. The summed E-state index contributed by atoms with van der Waals surface area (Å²) in [4.78, 5) is 16.5. The molecule has 1 unspecified atom stereocenters. The summed E-state index contributed by atoms with van der Waals surface area (Å²) in [5.74, 6) is 0.472. The van der Waals surface area contributed by atoms with Crippen LogP contribution in [-0.2, 0) is 4.79 Å². The number of aryl methyl sites for hydroxylation is 1. The Balaban J connectivity index is 1.99. The molecule has 0 saturated carbocycles. The Morgan fingerprint density at radius 1 is 1.36 bits per heavy atom. The van der Waals surface area contributed by atoms with E-state index in [-0.39, 0.29) is 11.2 Å². The van der Waals surface area contributed by atoms with Crippen molar-refractivity contribution in [2.45, 2.75) is 24.1 Å². The number of nitrogens with one attached hydrogen (secondary N) is 1. The third kappa shape index (κ3) is 4.39. The number of carbonyl (C=O) groups excluding carboxylic acids is 1. The van der Waals surface area contributed by atoms with Gasteiger partial charge in [-0.05, 0) is 43.7 Å². The number of nitrogens with zero attached hydrogens (tertiary/aromatic N) is 1. The van der Waals surface area contributed by atoms with Gasteiger partial charge in [0, 0.05) is 11.9 Å². The van der Waals surface area contributed by atoms with Gasteiger partial charge in [-0.2, -0.15) is 0 Å². The average Bonchev–Trinajstić information content (AvgIpc) is 2.49. The first kappa shape index (κ1) is 16.6. The molecular formula is C16H17ClN2O2S. The lowest BCUT2D eigenvalue weighted by Crippen LogP contribution is -2.22.